The maximum Gasteiger partial charge on any atom is 0.305 e. The lowest BCUT2D eigenvalue weighted by atomic mass is 10.1. The molecule has 0 aliphatic rings. The van der Waals surface area contributed by atoms with Crippen molar-refractivity contribution in [3.8, 4) is 0 Å². The van der Waals surface area contributed by atoms with Crippen molar-refractivity contribution in [3.63, 3.8) is 0 Å². The number of nitrogens with one attached hydrogen (secondary N) is 11. The molecule has 0 rings (SSSR count). The Hall–Kier alpha value is -11.2. The topological polar surface area (TPSA) is 757 Å². The Morgan fingerprint density at radius 1 is 0.264 bits per heavy atom. The molecule has 0 aliphatic heterocycles. The Balaban J connectivity index is 6.84. The van der Waals surface area contributed by atoms with Crippen LogP contribution in [0.25, 0.3) is 0 Å². The van der Waals surface area contributed by atoms with Crippen LogP contribution >= 0.6 is 0 Å². The molecule has 0 saturated heterocycles. The molecular weight excluding hydrogens is 1240 g/mol. The van der Waals surface area contributed by atoms with Crippen LogP contribution in [0.2, 0.25) is 0 Å². The predicted octanol–water partition coefficient (Wildman–Crippen LogP) is -13.5. The minimum absolute atomic E-state index is 0.773. The third-order valence-corrected chi connectivity index (χ3v) is 11.7. The van der Waals surface area contributed by atoms with Crippen molar-refractivity contribution in [2.75, 3.05) is 13.2 Å². The number of primary amides is 4. The number of carbonyl (C=O) groups excluding carboxylic acids is 15. The van der Waals surface area contributed by atoms with Crippen molar-refractivity contribution in [2.45, 2.75) is 150 Å². The number of carbonyl (C=O) groups is 21. The number of amides is 15. The summed E-state index contributed by atoms with van der Waals surface area (Å²) in [5, 5.41) is 97.7. The molecule has 0 aromatic carbocycles. The van der Waals surface area contributed by atoms with Crippen LogP contribution in [-0.2, 0) is 101 Å². The number of carboxylic acid groups (broad SMARTS) is 6. The Morgan fingerprint density at radius 3 is 0.659 bits per heavy atom. The Bertz CT molecular complexity index is 2800. The molecule has 0 radical (unpaired) electrons. The maximum atomic E-state index is 13.7. The SMILES string of the molecule is CC(=O)N[C@H](CC(N)=O)C(=O)N[C@H](CC(=O)O)C(=O)N[C@H](CO)C(=O)N[C@H](CCC(=O)O)C(=O)N[C@H](CC(=O)O)C(=O)N[C@H](CC(N)=O)C(=O)N[C@H](CO)C(=O)N[C@H](CC(=O)O)C(=O)N[C@H](CCC(=O)O)C(=O)N[C@H](CCC(=O)O)C(=O)N[C@H](CC(N)=O)C(N)=O. The van der Waals surface area contributed by atoms with E-state index < -0.39 is 281 Å². The summed E-state index contributed by atoms with van der Waals surface area (Å²) in [6.45, 7) is -1.97. The van der Waals surface area contributed by atoms with Crippen molar-refractivity contribution < 1.29 is 142 Å². The number of hydrogen-bond acceptors (Lipinski definition) is 23. The third kappa shape index (κ3) is 32.4. The first-order valence-corrected chi connectivity index (χ1v) is 26.2. The number of aliphatic hydroxyl groups is 2. The van der Waals surface area contributed by atoms with Gasteiger partial charge < -0.3 is 122 Å². The van der Waals surface area contributed by atoms with Gasteiger partial charge in [0, 0.05) is 26.2 Å². The second kappa shape index (κ2) is 39.6. The molecule has 44 heteroatoms. The lowest BCUT2D eigenvalue weighted by Gasteiger charge is -2.27. The van der Waals surface area contributed by atoms with E-state index in [1.54, 1.807) is 5.32 Å². The Kier molecular flexibility index (Phi) is 34.7. The highest BCUT2D eigenvalue weighted by Crippen LogP contribution is 2.09. The molecule has 0 heterocycles. The van der Waals surface area contributed by atoms with Crippen molar-refractivity contribution in [1.82, 2.24) is 58.5 Å². The molecule has 91 heavy (non-hydrogen) atoms. The van der Waals surface area contributed by atoms with Gasteiger partial charge in [-0.3, -0.25) is 101 Å². The first-order valence-electron chi connectivity index (χ1n) is 26.2. The molecule has 0 spiro atoms. The van der Waals surface area contributed by atoms with Gasteiger partial charge in [-0.25, -0.2) is 0 Å². The number of aliphatic hydroxyl groups excluding tert-OH is 2. The fraction of sp³-hybridized carbons (Fsp3) is 0.553. The van der Waals surface area contributed by atoms with E-state index in [0.29, 0.717) is 0 Å². The van der Waals surface area contributed by atoms with Gasteiger partial charge in [0.1, 0.15) is 66.5 Å². The van der Waals surface area contributed by atoms with E-state index in [0.717, 1.165) is 6.92 Å². The van der Waals surface area contributed by atoms with Crippen LogP contribution in [-0.4, -0.2) is 245 Å². The molecule has 0 unspecified atom stereocenters. The summed E-state index contributed by atoms with van der Waals surface area (Å²) in [6, 6.07) is -23.5. The molecule has 27 N–H and O–H groups in total. The van der Waals surface area contributed by atoms with E-state index in [2.05, 4.69) is 0 Å². The number of nitrogens with two attached hydrogens (primary N) is 4. The van der Waals surface area contributed by atoms with E-state index in [9.17, 15) is 142 Å². The van der Waals surface area contributed by atoms with Gasteiger partial charge in [-0.1, -0.05) is 0 Å². The van der Waals surface area contributed by atoms with Gasteiger partial charge >= 0.3 is 35.8 Å². The highest BCUT2D eigenvalue weighted by atomic mass is 16.4. The number of carboxylic acids is 6. The van der Waals surface area contributed by atoms with E-state index >= 15 is 0 Å². The number of rotatable bonds is 45. The van der Waals surface area contributed by atoms with Crippen molar-refractivity contribution in [1.29, 1.82) is 0 Å². The standard InChI is InChI=1S/C47H69N15O29/c1-16(65)52-21(9-29(49)67)41(85)59-25(13-36(79)80)45(89)62-26(14-63)46(90)55-19(4-7-33(73)74)40(84)58-24(12-35(77)78)44(88)57-22(10-30(50)68)42(86)61-27(15-64)47(91)60-23(11-34(75)76)43(87)54-17(2-5-31(69)70)38(82)53-18(3-6-32(71)72)39(83)56-20(37(51)81)8-28(48)66/h17-27,63-64H,2-15H2,1H3,(H2,48,66)(H2,49,67)(H2,50,68)(H2,51,81)(H,52,65)(H,53,82)(H,54,87)(H,55,90)(H,56,83)(H,57,88)(H,58,84)(H,59,85)(H,60,91)(H,61,86)(H,62,89)(H,69,70)(H,71,72)(H,73,74)(H,75,76)(H,77,78)(H,79,80)/t17-,18-,19-,20-,21-,22-,23-,24-,25-,26-,27-/m1/s1. The number of hydrogen-bond donors (Lipinski definition) is 23. The Labute approximate surface area is 510 Å². The van der Waals surface area contributed by atoms with Crippen LogP contribution in [0.3, 0.4) is 0 Å². The number of aliphatic carboxylic acids is 6. The molecule has 11 atom stereocenters. The summed E-state index contributed by atoms with van der Waals surface area (Å²) >= 11 is 0. The molecule has 506 valence electrons. The molecule has 0 fully saturated rings. The van der Waals surface area contributed by atoms with E-state index in [1.807, 2.05) is 53.2 Å². The van der Waals surface area contributed by atoms with Crippen LogP contribution < -0.4 is 81.4 Å². The average Bonchev–Trinajstić information content (AvgIpc) is 1.22. The first-order chi connectivity index (χ1) is 42.2. The minimum Gasteiger partial charge on any atom is -0.481 e. The minimum atomic E-state index is -2.40. The molecule has 0 aromatic heterocycles. The van der Waals surface area contributed by atoms with Crippen LogP contribution in [0.5, 0.6) is 0 Å². The molecule has 0 aromatic rings. The predicted molar refractivity (Wildman–Crippen MR) is 289 cm³/mol. The molecule has 15 amide bonds. The summed E-state index contributed by atoms with van der Waals surface area (Å²) in [7, 11) is 0. The molecule has 0 aliphatic carbocycles. The summed E-state index contributed by atoms with van der Waals surface area (Å²) in [5.41, 5.74) is 20.5. The smallest absolute Gasteiger partial charge is 0.305 e. The van der Waals surface area contributed by atoms with Crippen LogP contribution in [0.15, 0.2) is 0 Å². The second-order valence-electron chi connectivity index (χ2n) is 19.2. The average molecular weight is 1310 g/mol. The van der Waals surface area contributed by atoms with Gasteiger partial charge in [0.15, 0.2) is 0 Å². The summed E-state index contributed by atoms with van der Waals surface area (Å²) in [5.74, 6) is -31.8. The van der Waals surface area contributed by atoms with Gasteiger partial charge in [-0.2, -0.15) is 0 Å². The monoisotopic (exact) mass is 1310 g/mol. The van der Waals surface area contributed by atoms with Crippen LogP contribution in [0.4, 0.5) is 0 Å². The van der Waals surface area contributed by atoms with Gasteiger partial charge in [0.05, 0.1) is 51.7 Å². The van der Waals surface area contributed by atoms with E-state index in [4.69, 9.17) is 22.9 Å². The normalized spacial score (nSPS) is 14.3. The van der Waals surface area contributed by atoms with Gasteiger partial charge in [-0.05, 0) is 19.3 Å². The zero-order valence-corrected chi connectivity index (χ0v) is 47.7. The molecule has 44 nitrogen and oxygen atoms in total. The quantitative estimate of drug-likeness (QED) is 0.0269. The van der Waals surface area contributed by atoms with Crippen molar-refractivity contribution in [2.24, 2.45) is 22.9 Å². The highest BCUT2D eigenvalue weighted by molar-refractivity contribution is 6.02. The summed E-state index contributed by atoms with van der Waals surface area (Å²) < 4.78 is 0. The van der Waals surface area contributed by atoms with Crippen molar-refractivity contribution in [3.05, 3.63) is 0 Å². The zero-order valence-electron chi connectivity index (χ0n) is 47.7. The first kappa shape index (κ1) is 79.8. The summed E-state index contributed by atoms with van der Waals surface area (Å²) in [4.78, 5) is 263. The molecular formula is C47H69N15O29. The maximum absolute atomic E-state index is 13.7. The molecule has 0 saturated carbocycles. The lowest BCUT2D eigenvalue weighted by molar-refractivity contribution is -0.143. The van der Waals surface area contributed by atoms with Crippen molar-refractivity contribution >= 4 is 124 Å². The lowest BCUT2D eigenvalue weighted by Crippen LogP contribution is -2.62. The van der Waals surface area contributed by atoms with Gasteiger partial charge in [0.2, 0.25) is 88.6 Å². The zero-order chi connectivity index (χ0) is 70.2. The fourth-order valence-electron chi connectivity index (χ4n) is 7.36. The second-order valence-corrected chi connectivity index (χ2v) is 19.2. The highest BCUT2D eigenvalue weighted by Gasteiger charge is 2.38. The van der Waals surface area contributed by atoms with E-state index in [-0.39, 0.29) is 0 Å². The fourth-order valence-corrected chi connectivity index (χ4v) is 7.36. The van der Waals surface area contributed by atoms with Crippen LogP contribution in [0.1, 0.15) is 84.0 Å². The largest absolute Gasteiger partial charge is 0.481 e. The molecule has 0 bridgehead atoms. The Morgan fingerprint density at radius 2 is 0.451 bits per heavy atom. The van der Waals surface area contributed by atoms with Crippen LogP contribution in [0, 0.1) is 0 Å². The van der Waals surface area contributed by atoms with Gasteiger partial charge in [0.25, 0.3) is 0 Å². The summed E-state index contributed by atoms with van der Waals surface area (Å²) in [6.07, 6.45) is -12.5. The van der Waals surface area contributed by atoms with Gasteiger partial charge in [-0.15, -0.1) is 0 Å². The van der Waals surface area contributed by atoms with E-state index in [1.165, 1.54) is 0 Å². The third-order valence-electron chi connectivity index (χ3n) is 11.7.